The van der Waals surface area contributed by atoms with E-state index < -0.39 is 15.6 Å². The highest BCUT2D eigenvalue weighted by atomic mass is 32.2. The molecular weight excluding hydrogens is 352 g/mol. The van der Waals surface area contributed by atoms with E-state index in [1.165, 1.54) is 12.1 Å². The Kier molecular flexibility index (Phi) is 6.39. The van der Waals surface area contributed by atoms with Crippen LogP contribution in [-0.2, 0) is 14.8 Å². The molecule has 26 heavy (non-hydrogen) atoms. The van der Waals surface area contributed by atoms with Crippen molar-refractivity contribution in [2.45, 2.75) is 37.6 Å². The lowest BCUT2D eigenvalue weighted by Gasteiger charge is -2.20. The average Bonchev–Trinajstić information content (AvgIpc) is 2.54. The number of carbonyl (C=O) groups excluding carboxylic acids is 1. The third kappa shape index (κ3) is 6.50. The second kappa shape index (κ2) is 8.33. The minimum Gasteiger partial charge on any atom is -0.493 e. The van der Waals surface area contributed by atoms with Crippen LogP contribution in [0.25, 0.3) is 0 Å². The van der Waals surface area contributed by atoms with Crippen molar-refractivity contribution >= 4 is 21.6 Å². The van der Waals surface area contributed by atoms with Gasteiger partial charge in [-0.15, -0.1) is 0 Å². The van der Waals surface area contributed by atoms with E-state index in [9.17, 15) is 13.2 Å². The van der Waals surface area contributed by atoms with Crippen molar-refractivity contribution in [2.24, 2.45) is 0 Å². The molecule has 0 radical (unpaired) electrons. The molecule has 0 fully saturated rings. The zero-order valence-corrected chi connectivity index (χ0v) is 16.0. The molecule has 0 unspecified atom stereocenters. The van der Waals surface area contributed by atoms with Crippen molar-refractivity contribution in [1.29, 1.82) is 0 Å². The Bertz CT molecular complexity index is 843. The number of ether oxygens (including phenoxy) is 1. The van der Waals surface area contributed by atoms with E-state index in [0.29, 0.717) is 11.4 Å². The molecule has 0 saturated heterocycles. The van der Waals surface area contributed by atoms with Gasteiger partial charge in [0.15, 0.2) is 0 Å². The molecule has 2 N–H and O–H groups in total. The molecule has 0 saturated carbocycles. The van der Waals surface area contributed by atoms with Gasteiger partial charge in [0.1, 0.15) is 5.75 Å². The van der Waals surface area contributed by atoms with Crippen LogP contribution in [0.15, 0.2) is 59.5 Å². The Hall–Kier alpha value is -2.38. The normalized spacial score (nSPS) is 11.8. The van der Waals surface area contributed by atoms with Crippen molar-refractivity contribution in [3.63, 3.8) is 0 Å². The Balaban J connectivity index is 1.94. The summed E-state index contributed by atoms with van der Waals surface area (Å²) in [6.45, 7) is 5.54. The second-order valence-corrected chi connectivity index (χ2v) is 8.53. The molecule has 0 spiro atoms. The van der Waals surface area contributed by atoms with E-state index in [4.69, 9.17) is 4.74 Å². The molecule has 0 atom stereocenters. The monoisotopic (exact) mass is 376 g/mol. The van der Waals surface area contributed by atoms with Gasteiger partial charge in [-0.3, -0.25) is 4.79 Å². The number of nitrogens with one attached hydrogen (secondary N) is 2. The third-order valence-corrected chi connectivity index (χ3v) is 4.97. The molecule has 2 aromatic carbocycles. The summed E-state index contributed by atoms with van der Waals surface area (Å²) in [6, 6.07) is 15.4. The first-order valence-electron chi connectivity index (χ1n) is 8.27. The highest BCUT2D eigenvalue weighted by Gasteiger charge is 2.22. The Morgan fingerprint density at radius 1 is 1.04 bits per heavy atom. The largest absolute Gasteiger partial charge is 0.493 e. The Morgan fingerprint density at radius 3 is 2.38 bits per heavy atom. The maximum atomic E-state index is 12.4. The van der Waals surface area contributed by atoms with Crippen LogP contribution >= 0.6 is 0 Å². The van der Waals surface area contributed by atoms with Crippen LogP contribution in [-0.4, -0.2) is 26.5 Å². The fourth-order valence-corrected chi connectivity index (χ4v) is 3.67. The molecule has 1 amide bonds. The van der Waals surface area contributed by atoms with Gasteiger partial charge in [-0.05, 0) is 51.1 Å². The van der Waals surface area contributed by atoms with Crippen LogP contribution in [0.5, 0.6) is 5.75 Å². The highest BCUT2D eigenvalue weighted by Crippen LogP contribution is 2.18. The summed E-state index contributed by atoms with van der Waals surface area (Å²) in [6.07, 6.45) is 0.159. The van der Waals surface area contributed by atoms with Crippen LogP contribution in [0, 0.1) is 0 Å². The molecule has 0 bridgehead atoms. The third-order valence-electron chi connectivity index (χ3n) is 3.21. The summed E-state index contributed by atoms with van der Waals surface area (Å²) < 4.78 is 32.8. The Labute approximate surface area is 154 Å². The van der Waals surface area contributed by atoms with Gasteiger partial charge in [-0.2, -0.15) is 0 Å². The molecule has 0 aliphatic heterocycles. The van der Waals surface area contributed by atoms with E-state index in [1.807, 2.05) is 30.3 Å². The van der Waals surface area contributed by atoms with Crippen molar-refractivity contribution in [3.05, 3.63) is 54.6 Å². The van der Waals surface area contributed by atoms with E-state index >= 15 is 0 Å². The first kappa shape index (κ1) is 19.9. The van der Waals surface area contributed by atoms with Gasteiger partial charge in [0.05, 0.1) is 17.9 Å². The topological polar surface area (TPSA) is 84.5 Å². The SMILES string of the molecule is CC(C)(C)NS(=O)(=O)c1cccc(NC(=O)CCOc2ccccc2)c1. The number of sulfonamides is 1. The smallest absolute Gasteiger partial charge is 0.241 e. The first-order valence-corrected chi connectivity index (χ1v) is 9.76. The van der Waals surface area contributed by atoms with Gasteiger partial charge in [0.2, 0.25) is 15.9 Å². The molecule has 0 aliphatic rings. The number of anilines is 1. The maximum Gasteiger partial charge on any atom is 0.241 e. The summed E-state index contributed by atoms with van der Waals surface area (Å²) in [5.74, 6) is 0.445. The van der Waals surface area contributed by atoms with Crippen molar-refractivity contribution in [3.8, 4) is 5.75 Å². The lowest BCUT2D eigenvalue weighted by molar-refractivity contribution is -0.116. The minimum absolute atomic E-state index is 0.103. The zero-order valence-electron chi connectivity index (χ0n) is 15.2. The number of benzene rings is 2. The standard InChI is InChI=1S/C19H24N2O4S/c1-19(2,3)21-26(23,24)17-11-7-8-15(14-17)20-18(22)12-13-25-16-9-5-4-6-10-16/h4-11,14,21H,12-13H2,1-3H3,(H,20,22). The number of carbonyl (C=O) groups is 1. The molecule has 6 nitrogen and oxygen atoms in total. The molecular formula is C19H24N2O4S. The Morgan fingerprint density at radius 2 is 1.73 bits per heavy atom. The number of hydrogen-bond donors (Lipinski definition) is 2. The van der Waals surface area contributed by atoms with E-state index in [0.717, 1.165) is 0 Å². The minimum atomic E-state index is -3.66. The summed E-state index contributed by atoms with van der Waals surface area (Å²) in [5, 5.41) is 2.69. The van der Waals surface area contributed by atoms with Crippen LogP contribution in [0.2, 0.25) is 0 Å². The van der Waals surface area contributed by atoms with Crippen LogP contribution in [0.1, 0.15) is 27.2 Å². The van der Waals surface area contributed by atoms with Crippen LogP contribution < -0.4 is 14.8 Å². The predicted molar refractivity (Wildman–Crippen MR) is 102 cm³/mol. The summed E-state index contributed by atoms with van der Waals surface area (Å²) >= 11 is 0. The van der Waals surface area contributed by atoms with Gasteiger partial charge in [0, 0.05) is 11.2 Å². The number of amides is 1. The second-order valence-electron chi connectivity index (χ2n) is 6.84. The molecule has 2 aromatic rings. The van der Waals surface area contributed by atoms with Crippen molar-refractivity contribution < 1.29 is 17.9 Å². The van der Waals surface area contributed by atoms with Crippen molar-refractivity contribution in [1.82, 2.24) is 4.72 Å². The van der Waals surface area contributed by atoms with E-state index in [1.54, 1.807) is 32.9 Å². The van der Waals surface area contributed by atoms with Crippen LogP contribution in [0.4, 0.5) is 5.69 Å². The van der Waals surface area contributed by atoms with E-state index in [2.05, 4.69) is 10.0 Å². The lowest BCUT2D eigenvalue weighted by Crippen LogP contribution is -2.40. The highest BCUT2D eigenvalue weighted by molar-refractivity contribution is 7.89. The summed E-state index contributed by atoms with van der Waals surface area (Å²) in [5.41, 5.74) is -0.168. The zero-order chi connectivity index (χ0) is 19.2. The predicted octanol–water partition coefficient (Wildman–Crippen LogP) is 3.17. The first-order chi connectivity index (χ1) is 12.2. The van der Waals surface area contributed by atoms with Crippen LogP contribution in [0.3, 0.4) is 0 Å². The molecule has 140 valence electrons. The molecule has 0 heterocycles. The number of rotatable bonds is 7. The molecule has 0 aliphatic carbocycles. The van der Waals surface area contributed by atoms with E-state index in [-0.39, 0.29) is 23.8 Å². The van der Waals surface area contributed by atoms with Gasteiger partial charge in [-0.25, -0.2) is 13.1 Å². The fourth-order valence-electron chi connectivity index (χ4n) is 2.20. The van der Waals surface area contributed by atoms with Gasteiger partial charge in [-0.1, -0.05) is 24.3 Å². The molecule has 0 aromatic heterocycles. The fraction of sp³-hybridized carbons (Fsp3) is 0.316. The average molecular weight is 376 g/mol. The van der Waals surface area contributed by atoms with Crippen molar-refractivity contribution in [2.75, 3.05) is 11.9 Å². The maximum absolute atomic E-state index is 12.4. The summed E-state index contributed by atoms with van der Waals surface area (Å²) in [7, 11) is -3.66. The molecule has 2 rings (SSSR count). The van der Waals surface area contributed by atoms with Gasteiger partial charge < -0.3 is 10.1 Å². The molecule has 7 heteroatoms. The lowest BCUT2D eigenvalue weighted by atomic mass is 10.1. The van der Waals surface area contributed by atoms with Gasteiger partial charge in [0.25, 0.3) is 0 Å². The summed E-state index contributed by atoms with van der Waals surface area (Å²) in [4.78, 5) is 12.1. The number of para-hydroxylation sites is 1. The quantitative estimate of drug-likeness (QED) is 0.777. The number of hydrogen-bond acceptors (Lipinski definition) is 4. The van der Waals surface area contributed by atoms with Gasteiger partial charge >= 0.3 is 0 Å².